The van der Waals surface area contributed by atoms with E-state index in [2.05, 4.69) is 5.32 Å². The Labute approximate surface area is 125 Å². The van der Waals surface area contributed by atoms with Gasteiger partial charge in [-0.15, -0.1) is 0 Å². The molecular formula is C13H15ClF2N2O3. The zero-order valence-corrected chi connectivity index (χ0v) is 12.0. The lowest BCUT2D eigenvalue weighted by molar-refractivity contribution is -0.136. The van der Waals surface area contributed by atoms with Gasteiger partial charge in [0.05, 0.1) is 6.10 Å². The smallest absolute Gasteiger partial charge is 0.313 e. The van der Waals surface area contributed by atoms with Crippen molar-refractivity contribution in [1.82, 2.24) is 5.32 Å². The molecule has 2 amide bonds. The number of benzene rings is 1. The Balaban J connectivity index is 2.59. The molecule has 3 N–H and O–H groups in total. The van der Waals surface area contributed by atoms with E-state index in [1.807, 2.05) is 5.32 Å². The number of nitrogens with one attached hydrogen (secondary N) is 2. The zero-order chi connectivity index (χ0) is 16.0. The topological polar surface area (TPSA) is 78.4 Å². The predicted molar refractivity (Wildman–Crippen MR) is 73.9 cm³/mol. The van der Waals surface area contributed by atoms with Crippen molar-refractivity contribution in [2.24, 2.45) is 0 Å². The molecule has 1 atom stereocenters. The van der Waals surface area contributed by atoms with Crippen LogP contribution in [0.3, 0.4) is 0 Å². The van der Waals surface area contributed by atoms with E-state index in [0.717, 1.165) is 12.1 Å². The Bertz CT molecular complexity index is 517. The van der Waals surface area contributed by atoms with E-state index in [1.165, 1.54) is 0 Å². The molecule has 116 valence electrons. The normalized spacial score (nSPS) is 11.9. The molecule has 0 bridgehead atoms. The van der Waals surface area contributed by atoms with Gasteiger partial charge in [-0.1, -0.05) is 18.5 Å². The van der Waals surface area contributed by atoms with Crippen LogP contribution < -0.4 is 10.6 Å². The van der Waals surface area contributed by atoms with Gasteiger partial charge < -0.3 is 15.7 Å². The number of aliphatic hydroxyl groups excluding tert-OH is 1. The molecule has 0 aliphatic carbocycles. The largest absolute Gasteiger partial charge is 0.393 e. The van der Waals surface area contributed by atoms with Crippen molar-refractivity contribution < 1.29 is 23.5 Å². The molecule has 0 aromatic heterocycles. The molecule has 8 heteroatoms. The van der Waals surface area contributed by atoms with Crippen LogP contribution in [-0.4, -0.2) is 29.6 Å². The molecular weight excluding hydrogens is 306 g/mol. The van der Waals surface area contributed by atoms with Crippen molar-refractivity contribution >= 4 is 29.1 Å². The molecule has 0 spiro atoms. The van der Waals surface area contributed by atoms with Crippen molar-refractivity contribution in [3.63, 3.8) is 0 Å². The van der Waals surface area contributed by atoms with Gasteiger partial charge in [0.1, 0.15) is 5.69 Å². The van der Waals surface area contributed by atoms with Crippen LogP contribution in [0.15, 0.2) is 12.1 Å². The number of anilines is 1. The Kier molecular flexibility index (Phi) is 6.51. The first kappa shape index (κ1) is 17.3. The van der Waals surface area contributed by atoms with Gasteiger partial charge in [-0.3, -0.25) is 9.59 Å². The summed E-state index contributed by atoms with van der Waals surface area (Å²) in [5.74, 6) is -4.42. The van der Waals surface area contributed by atoms with E-state index in [1.54, 1.807) is 6.92 Å². The van der Waals surface area contributed by atoms with E-state index in [0.29, 0.717) is 6.42 Å². The monoisotopic (exact) mass is 320 g/mol. The van der Waals surface area contributed by atoms with E-state index >= 15 is 0 Å². The van der Waals surface area contributed by atoms with Crippen LogP contribution in [0.5, 0.6) is 0 Å². The molecule has 0 heterocycles. The van der Waals surface area contributed by atoms with E-state index in [-0.39, 0.29) is 18.0 Å². The Morgan fingerprint density at radius 1 is 1.29 bits per heavy atom. The van der Waals surface area contributed by atoms with E-state index in [4.69, 9.17) is 11.6 Å². The summed E-state index contributed by atoms with van der Waals surface area (Å²) in [6.45, 7) is 1.85. The van der Waals surface area contributed by atoms with E-state index < -0.39 is 35.2 Å². The fraction of sp³-hybridized carbons (Fsp3) is 0.385. The Morgan fingerprint density at radius 3 is 2.38 bits per heavy atom. The Hall–Kier alpha value is -1.73. The van der Waals surface area contributed by atoms with Gasteiger partial charge in [-0.25, -0.2) is 8.78 Å². The van der Waals surface area contributed by atoms with Crippen LogP contribution in [0.25, 0.3) is 0 Å². The summed E-state index contributed by atoms with van der Waals surface area (Å²) >= 11 is 5.44. The highest BCUT2D eigenvalue weighted by Gasteiger charge is 2.18. The first-order valence-electron chi connectivity index (χ1n) is 6.27. The minimum Gasteiger partial charge on any atom is -0.393 e. The van der Waals surface area contributed by atoms with E-state index in [9.17, 15) is 23.5 Å². The SMILES string of the molecule is CCC(O)CCNC(=O)C(=O)Nc1c(F)cc(Cl)cc1F. The Morgan fingerprint density at radius 2 is 1.86 bits per heavy atom. The predicted octanol–water partition coefficient (Wildman–Crippen LogP) is 1.83. The second kappa shape index (κ2) is 7.90. The minimum atomic E-state index is -1.21. The molecule has 21 heavy (non-hydrogen) atoms. The van der Waals surface area contributed by atoms with Crippen molar-refractivity contribution in [2.45, 2.75) is 25.9 Å². The maximum atomic E-state index is 13.4. The highest BCUT2D eigenvalue weighted by molar-refractivity contribution is 6.39. The maximum Gasteiger partial charge on any atom is 0.313 e. The summed E-state index contributed by atoms with van der Waals surface area (Å²) in [7, 11) is 0. The van der Waals surface area contributed by atoms with Crippen LogP contribution in [0.2, 0.25) is 5.02 Å². The molecule has 0 aliphatic rings. The van der Waals surface area contributed by atoms with Gasteiger partial charge in [0.2, 0.25) is 0 Å². The summed E-state index contributed by atoms with van der Waals surface area (Å²) in [6, 6.07) is 1.63. The van der Waals surface area contributed by atoms with Gasteiger partial charge >= 0.3 is 11.8 Å². The molecule has 0 radical (unpaired) electrons. The number of amides is 2. The van der Waals surface area contributed by atoms with Crippen molar-refractivity contribution in [3.8, 4) is 0 Å². The number of halogens is 3. The molecule has 0 fully saturated rings. The first-order valence-corrected chi connectivity index (χ1v) is 6.64. The third-order valence-electron chi connectivity index (χ3n) is 2.69. The van der Waals surface area contributed by atoms with Gasteiger partial charge in [0, 0.05) is 11.6 Å². The first-order chi connectivity index (χ1) is 9.85. The van der Waals surface area contributed by atoms with Crippen LogP contribution in [0.1, 0.15) is 19.8 Å². The number of rotatable bonds is 5. The van der Waals surface area contributed by atoms with Crippen LogP contribution in [0, 0.1) is 11.6 Å². The summed E-state index contributed by atoms with van der Waals surface area (Å²) < 4.78 is 26.9. The number of hydrogen-bond acceptors (Lipinski definition) is 3. The fourth-order valence-corrected chi connectivity index (χ4v) is 1.66. The summed E-state index contributed by atoms with van der Waals surface area (Å²) in [5, 5.41) is 13.2. The average Bonchev–Trinajstić information content (AvgIpc) is 2.41. The van der Waals surface area contributed by atoms with Crippen molar-refractivity contribution in [2.75, 3.05) is 11.9 Å². The quantitative estimate of drug-likeness (QED) is 0.724. The summed E-state index contributed by atoms with van der Waals surface area (Å²) in [5.41, 5.74) is -0.742. The second-order valence-corrected chi connectivity index (χ2v) is 4.74. The zero-order valence-electron chi connectivity index (χ0n) is 11.3. The van der Waals surface area contributed by atoms with Gasteiger partial charge in [0.15, 0.2) is 11.6 Å². The van der Waals surface area contributed by atoms with Gasteiger partial charge in [0.25, 0.3) is 0 Å². The highest BCUT2D eigenvalue weighted by atomic mass is 35.5. The lowest BCUT2D eigenvalue weighted by Gasteiger charge is -2.10. The molecule has 0 aliphatic heterocycles. The lowest BCUT2D eigenvalue weighted by atomic mass is 10.2. The summed E-state index contributed by atoms with van der Waals surface area (Å²) in [6.07, 6.45) is 0.210. The third-order valence-corrected chi connectivity index (χ3v) is 2.90. The standard InChI is InChI=1S/C13H15ClF2N2O3/c1-2-8(19)3-4-17-12(20)13(21)18-11-9(15)5-7(14)6-10(11)16/h5-6,8,19H,2-4H2,1H3,(H,17,20)(H,18,21). The second-order valence-electron chi connectivity index (χ2n) is 4.31. The maximum absolute atomic E-state index is 13.4. The number of hydrogen-bond donors (Lipinski definition) is 3. The number of aliphatic hydroxyl groups is 1. The van der Waals surface area contributed by atoms with Gasteiger partial charge in [-0.05, 0) is 25.0 Å². The number of carbonyl (C=O) groups excluding carboxylic acids is 2. The summed E-state index contributed by atoms with van der Waals surface area (Å²) in [4.78, 5) is 22.9. The fourth-order valence-electron chi connectivity index (χ4n) is 1.47. The molecule has 1 rings (SSSR count). The molecule has 0 saturated heterocycles. The number of carbonyl (C=O) groups is 2. The lowest BCUT2D eigenvalue weighted by Crippen LogP contribution is -2.37. The minimum absolute atomic E-state index is 0.0762. The third kappa shape index (κ3) is 5.28. The van der Waals surface area contributed by atoms with Crippen molar-refractivity contribution in [1.29, 1.82) is 0 Å². The van der Waals surface area contributed by atoms with Crippen LogP contribution >= 0.6 is 11.6 Å². The highest BCUT2D eigenvalue weighted by Crippen LogP contribution is 2.23. The molecule has 0 saturated carbocycles. The molecule has 1 aromatic carbocycles. The van der Waals surface area contributed by atoms with Crippen LogP contribution in [0.4, 0.5) is 14.5 Å². The average molecular weight is 321 g/mol. The molecule has 1 unspecified atom stereocenters. The van der Waals surface area contributed by atoms with Crippen LogP contribution in [-0.2, 0) is 9.59 Å². The molecule has 1 aromatic rings. The van der Waals surface area contributed by atoms with Gasteiger partial charge in [-0.2, -0.15) is 0 Å². The molecule has 5 nitrogen and oxygen atoms in total. The van der Waals surface area contributed by atoms with Crippen molar-refractivity contribution in [3.05, 3.63) is 28.8 Å².